The zero-order chi connectivity index (χ0) is 22.8. The number of esters is 2. The van der Waals surface area contributed by atoms with E-state index in [1.165, 1.54) is 44.6 Å². The summed E-state index contributed by atoms with van der Waals surface area (Å²) in [7, 11) is 2.87. The molecule has 7 nitrogen and oxygen atoms in total. The molecule has 31 heavy (non-hydrogen) atoms. The molecule has 0 saturated carbocycles. The van der Waals surface area contributed by atoms with Gasteiger partial charge in [0.05, 0.1) is 25.3 Å². The summed E-state index contributed by atoms with van der Waals surface area (Å²) >= 11 is 3.31. The Hall–Kier alpha value is -2.94. The molecule has 2 aromatic rings. The molecule has 1 heterocycles. The molecule has 0 aromatic heterocycles. The van der Waals surface area contributed by atoms with Gasteiger partial charge in [-0.25, -0.2) is 9.18 Å². The highest BCUT2D eigenvalue weighted by molar-refractivity contribution is 9.10. The SMILES string of the molecule is CCOC(=O)[C@@H]1[C@H](c2ccc(Br)c(OC)c2)OC(=O)[C@]1(F)C(=O)c1ccc(OC)cc1. The van der Waals surface area contributed by atoms with Crippen molar-refractivity contribution in [2.45, 2.75) is 18.7 Å². The monoisotopic (exact) mass is 494 g/mol. The van der Waals surface area contributed by atoms with Gasteiger partial charge >= 0.3 is 11.9 Å². The van der Waals surface area contributed by atoms with Gasteiger partial charge in [0.25, 0.3) is 5.67 Å². The Morgan fingerprint density at radius 2 is 1.81 bits per heavy atom. The summed E-state index contributed by atoms with van der Waals surface area (Å²) in [5.74, 6) is -4.69. The van der Waals surface area contributed by atoms with Crippen LogP contribution in [0.3, 0.4) is 0 Å². The largest absolute Gasteiger partial charge is 0.497 e. The molecule has 0 N–H and O–H groups in total. The lowest BCUT2D eigenvalue weighted by molar-refractivity contribution is -0.153. The van der Waals surface area contributed by atoms with E-state index in [2.05, 4.69) is 15.9 Å². The molecule has 1 aliphatic heterocycles. The van der Waals surface area contributed by atoms with Crippen LogP contribution in [0, 0.1) is 5.92 Å². The van der Waals surface area contributed by atoms with Gasteiger partial charge in [-0.1, -0.05) is 6.07 Å². The first kappa shape index (κ1) is 22.7. The summed E-state index contributed by atoms with van der Waals surface area (Å²) in [4.78, 5) is 38.5. The van der Waals surface area contributed by atoms with Crippen LogP contribution in [0.5, 0.6) is 11.5 Å². The fourth-order valence-corrected chi connectivity index (χ4v) is 3.83. The van der Waals surface area contributed by atoms with Gasteiger partial charge in [0.1, 0.15) is 17.6 Å². The number of alkyl halides is 1. The summed E-state index contributed by atoms with van der Waals surface area (Å²) in [6.07, 6.45) is -1.37. The van der Waals surface area contributed by atoms with Crippen LogP contribution < -0.4 is 9.47 Å². The zero-order valence-electron chi connectivity index (χ0n) is 17.0. The van der Waals surface area contributed by atoms with E-state index in [0.29, 0.717) is 16.0 Å². The minimum absolute atomic E-state index is 0.0628. The number of benzene rings is 2. The van der Waals surface area contributed by atoms with Crippen molar-refractivity contribution in [3.63, 3.8) is 0 Å². The summed E-state index contributed by atoms with van der Waals surface area (Å²) in [6.45, 7) is 1.48. The van der Waals surface area contributed by atoms with Crippen molar-refractivity contribution in [2.24, 2.45) is 5.92 Å². The fourth-order valence-electron chi connectivity index (χ4n) is 3.42. The lowest BCUT2D eigenvalue weighted by Gasteiger charge is -2.23. The molecule has 3 atom stereocenters. The molecule has 1 saturated heterocycles. The van der Waals surface area contributed by atoms with Crippen molar-refractivity contribution >= 4 is 33.7 Å². The molecule has 0 unspecified atom stereocenters. The number of ketones is 1. The minimum atomic E-state index is -3.26. The van der Waals surface area contributed by atoms with Gasteiger partial charge in [0.2, 0.25) is 5.78 Å². The number of hydrogen-bond acceptors (Lipinski definition) is 7. The van der Waals surface area contributed by atoms with Crippen LogP contribution in [-0.4, -0.2) is 44.2 Å². The first-order chi connectivity index (χ1) is 14.8. The second-order valence-corrected chi connectivity index (χ2v) is 7.57. The van der Waals surface area contributed by atoms with Crippen molar-refractivity contribution in [3.8, 4) is 11.5 Å². The van der Waals surface area contributed by atoms with Crippen LogP contribution in [-0.2, 0) is 19.1 Å². The van der Waals surface area contributed by atoms with Crippen molar-refractivity contribution < 1.29 is 37.7 Å². The second kappa shape index (κ2) is 9.05. The Morgan fingerprint density at radius 3 is 2.39 bits per heavy atom. The fraction of sp³-hybridized carbons (Fsp3) is 0.318. The molecule has 9 heteroatoms. The lowest BCUT2D eigenvalue weighted by atomic mass is 9.80. The Bertz CT molecular complexity index is 1010. The van der Waals surface area contributed by atoms with Gasteiger partial charge in [0.15, 0.2) is 5.92 Å². The van der Waals surface area contributed by atoms with Crippen LogP contribution in [0.1, 0.15) is 28.9 Å². The molecule has 0 radical (unpaired) electrons. The Morgan fingerprint density at radius 1 is 1.13 bits per heavy atom. The number of methoxy groups -OCH3 is 2. The van der Waals surface area contributed by atoms with E-state index in [1.54, 1.807) is 19.1 Å². The first-order valence-electron chi connectivity index (χ1n) is 9.36. The minimum Gasteiger partial charge on any atom is -0.497 e. The maximum absolute atomic E-state index is 16.2. The van der Waals surface area contributed by atoms with E-state index in [1.807, 2.05) is 0 Å². The lowest BCUT2D eigenvalue weighted by Crippen LogP contribution is -2.48. The van der Waals surface area contributed by atoms with E-state index in [4.69, 9.17) is 18.9 Å². The van der Waals surface area contributed by atoms with E-state index in [9.17, 15) is 14.4 Å². The molecule has 3 rings (SSSR count). The van der Waals surface area contributed by atoms with Gasteiger partial charge in [-0.2, -0.15) is 0 Å². The van der Waals surface area contributed by atoms with Gasteiger partial charge in [-0.3, -0.25) is 9.59 Å². The van der Waals surface area contributed by atoms with E-state index in [-0.39, 0.29) is 17.7 Å². The Labute approximate surface area is 186 Å². The molecule has 1 fully saturated rings. The number of rotatable bonds is 7. The van der Waals surface area contributed by atoms with Gasteiger partial charge in [0, 0.05) is 5.56 Å². The third-order valence-corrected chi connectivity index (χ3v) is 5.64. The van der Waals surface area contributed by atoms with Crippen LogP contribution >= 0.6 is 15.9 Å². The van der Waals surface area contributed by atoms with Gasteiger partial charge < -0.3 is 18.9 Å². The summed E-state index contributed by atoms with van der Waals surface area (Å²) < 4.78 is 37.3. The number of halogens is 2. The van der Waals surface area contributed by atoms with E-state index >= 15 is 4.39 Å². The average Bonchev–Trinajstić information content (AvgIpc) is 3.05. The number of carbonyl (C=O) groups is 3. The highest BCUT2D eigenvalue weighted by Crippen LogP contribution is 2.47. The molecule has 0 amide bonds. The summed E-state index contributed by atoms with van der Waals surface area (Å²) in [6, 6.07) is 10.2. The van der Waals surface area contributed by atoms with Crippen molar-refractivity contribution in [1.29, 1.82) is 0 Å². The van der Waals surface area contributed by atoms with Crippen molar-refractivity contribution in [2.75, 3.05) is 20.8 Å². The second-order valence-electron chi connectivity index (χ2n) is 6.72. The molecule has 0 bridgehead atoms. The Kier molecular flexibility index (Phi) is 6.64. The summed E-state index contributed by atoms with van der Waals surface area (Å²) in [5, 5.41) is 0. The number of Topliss-reactive ketones (excluding diaryl/α,β-unsaturated/α-hetero) is 1. The third kappa shape index (κ3) is 4.01. The highest BCUT2D eigenvalue weighted by Gasteiger charge is 2.67. The Balaban J connectivity index is 2.08. The predicted octanol–water partition coefficient (Wildman–Crippen LogP) is 3.83. The van der Waals surface area contributed by atoms with Crippen LogP contribution in [0.2, 0.25) is 0 Å². The molecule has 0 aliphatic carbocycles. The maximum Gasteiger partial charge on any atom is 0.353 e. The van der Waals surface area contributed by atoms with Crippen LogP contribution in [0.25, 0.3) is 0 Å². The molecule has 164 valence electrons. The maximum atomic E-state index is 16.2. The topological polar surface area (TPSA) is 88.1 Å². The van der Waals surface area contributed by atoms with Crippen LogP contribution in [0.4, 0.5) is 4.39 Å². The normalized spacial score (nSPS) is 22.5. The van der Waals surface area contributed by atoms with Crippen LogP contribution in [0.15, 0.2) is 46.9 Å². The smallest absolute Gasteiger partial charge is 0.353 e. The van der Waals surface area contributed by atoms with Crippen molar-refractivity contribution in [1.82, 2.24) is 0 Å². The van der Waals surface area contributed by atoms with E-state index in [0.717, 1.165) is 0 Å². The highest BCUT2D eigenvalue weighted by atomic mass is 79.9. The van der Waals surface area contributed by atoms with Gasteiger partial charge in [-0.15, -0.1) is 0 Å². The number of ether oxygens (including phenoxy) is 4. The first-order valence-corrected chi connectivity index (χ1v) is 10.2. The number of cyclic esters (lactones) is 1. The molecule has 2 aromatic carbocycles. The zero-order valence-corrected chi connectivity index (χ0v) is 18.6. The third-order valence-electron chi connectivity index (χ3n) is 4.99. The van der Waals surface area contributed by atoms with Crippen molar-refractivity contribution in [3.05, 3.63) is 58.1 Å². The number of carbonyl (C=O) groups excluding carboxylic acids is 3. The van der Waals surface area contributed by atoms with Gasteiger partial charge in [-0.05, 0) is 64.8 Å². The average molecular weight is 495 g/mol. The number of hydrogen-bond donors (Lipinski definition) is 0. The standard InChI is InChI=1S/C22H20BrFO7/c1-4-30-20(26)17-18(13-7-10-15(23)16(11-13)29-3)31-21(27)22(17,24)19(25)12-5-8-14(28-2)9-6-12/h5-11,17-18H,4H2,1-3H3/t17-,18-,22+/m0/s1. The molecular weight excluding hydrogens is 475 g/mol. The summed E-state index contributed by atoms with van der Waals surface area (Å²) in [5.41, 5.74) is -3.08. The predicted molar refractivity (Wildman–Crippen MR) is 111 cm³/mol. The molecule has 0 spiro atoms. The molecular formula is C22H20BrFO7. The molecule has 1 aliphatic rings. The quantitative estimate of drug-likeness (QED) is 0.328. The van der Waals surface area contributed by atoms with E-state index < -0.39 is 35.4 Å².